The third-order valence-corrected chi connectivity index (χ3v) is 9.97. The summed E-state index contributed by atoms with van der Waals surface area (Å²) in [6, 6.07) is 13.5. The van der Waals surface area contributed by atoms with Crippen molar-refractivity contribution in [3.8, 4) is 11.5 Å². The van der Waals surface area contributed by atoms with Crippen molar-refractivity contribution in [3.63, 3.8) is 0 Å². The van der Waals surface area contributed by atoms with Crippen LogP contribution in [0.1, 0.15) is 70.4 Å². The molecule has 1 fully saturated rings. The molecular formula is C37H56N4O6. The van der Waals surface area contributed by atoms with Crippen molar-refractivity contribution in [1.82, 2.24) is 10.2 Å². The van der Waals surface area contributed by atoms with Crippen LogP contribution in [0.4, 0.5) is 5.69 Å². The number of nitrogens with two attached hydrogens (primary N) is 1. The summed E-state index contributed by atoms with van der Waals surface area (Å²) in [6.45, 7) is 11.8. The normalized spacial score (nSPS) is 21.0. The Balaban J connectivity index is 1.64. The molecule has 0 bridgehead atoms. The Morgan fingerprint density at radius 3 is 2.55 bits per heavy atom. The molecule has 0 aliphatic carbocycles. The molecule has 2 aliphatic heterocycles. The SMILES string of the molecule is CC[C@H](C)[C@H](N)C(=O)N1C[C@H](OCc2ccc3c(c2)N(CCCOC)CCO3)[C@@H](c2ccc(OC)cc2)C[C@H]1CC(C)(C)C(=O)NC. The van der Waals surface area contributed by atoms with Crippen LogP contribution in [-0.2, 0) is 25.7 Å². The maximum absolute atomic E-state index is 14.1. The van der Waals surface area contributed by atoms with E-state index in [4.69, 9.17) is 24.7 Å². The highest BCUT2D eigenvalue weighted by Crippen LogP contribution is 2.40. The predicted molar refractivity (Wildman–Crippen MR) is 185 cm³/mol. The molecule has 2 amide bonds. The number of hydrogen-bond donors (Lipinski definition) is 2. The van der Waals surface area contributed by atoms with E-state index in [-0.39, 0.29) is 35.8 Å². The molecule has 2 heterocycles. The molecule has 1 saturated heterocycles. The molecule has 3 N–H and O–H groups in total. The maximum atomic E-state index is 14.1. The van der Waals surface area contributed by atoms with Crippen molar-refractivity contribution >= 4 is 17.5 Å². The van der Waals surface area contributed by atoms with Gasteiger partial charge in [0.05, 0.1) is 38.1 Å². The van der Waals surface area contributed by atoms with Crippen LogP contribution >= 0.6 is 0 Å². The second-order valence-corrected chi connectivity index (χ2v) is 13.7. The predicted octanol–water partition coefficient (Wildman–Crippen LogP) is 4.74. The number of hydrogen-bond acceptors (Lipinski definition) is 8. The molecule has 4 rings (SSSR count). The van der Waals surface area contributed by atoms with Gasteiger partial charge in [0, 0.05) is 51.2 Å². The summed E-state index contributed by atoms with van der Waals surface area (Å²) in [6.07, 6.45) is 2.59. The van der Waals surface area contributed by atoms with E-state index in [9.17, 15) is 9.59 Å². The van der Waals surface area contributed by atoms with E-state index in [0.717, 1.165) is 54.2 Å². The van der Waals surface area contributed by atoms with Crippen molar-refractivity contribution in [2.24, 2.45) is 17.1 Å². The van der Waals surface area contributed by atoms with Gasteiger partial charge in [-0.25, -0.2) is 0 Å². The molecule has 0 aromatic heterocycles. The lowest BCUT2D eigenvalue weighted by molar-refractivity contribution is -0.146. The maximum Gasteiger partial charge on any atom is 0.240 e. The molecule has 0 unspecified atom stereocenters. The van der Waals surface area contributed by atoms with Gasteiger partial charge in [0.15, 0.2) is 0 Å². The minimum Gasteiger partial charge on any atom is -0.497 e. The van der Waals surface area contributed by atoms with Crippen LogP contribution in [0, 0.1) is 11.3 Å². The molecule has 0 spiro atoms. The fraction of sp³-hybridized carbons (Fsp3) is 0.622. The van der Waals surface area contributed by atoms with Crippen LogP contribution in [0.15, 0.2) is 42.5 Å². The molecule has 5 atom stereocenters. The molecule has 2 aliphatic rings. The first-order valence-corrected chi connectivity index (χ1v) is 17.1. The van der Waals surface area contributed by atoms with Gasteiger partial charge in [-0.15, -0.1) is 0 Å². The van der Waals surface area contributed by atoms with Gasteiger partial charge in [0.2, 0.25) is 11.8 Å². The minimum absolute atomic E-state index is 0.0123. The number of nitrogens with zero attached hydrogens (tertiary/aromatic N) is 2. The molecule has 47 heavy (non-hydrogen) atoms. The largest absolute Gasteiger partial charge is 0.497 e. The summed E-state index contributed by atoms with van der Waals surface area (Å²) in [4.78, 5) is 31.3. The molecule has 2 aromatic carbocycles. The first-order chi connectivity index (χ1) is 22.5. The Hall–Kier alpha value is -3.34. The molecule has 260 valence electrons. The quantitative estimate of drug-likeness (QED) is 0.266. The summed E-state index contributed by atoms with van der Waals surface area (Å²) >= 11 is 0. The lowest BCUT2D eigenvalue weighted by Gasteiger charge is -2.47. The zero-order valence-electron chi connectivity index (χ0n) is 29.4. The smallest absolute Gasteiger partial charge is 0.240 e. The van der Waals surface area contributed by atoms with Crippen molar-refractivity contribution in [1.29, 1.82) is 0 Å². The highest BCUT2D eigenvalue weighted by molar-refractivity contribution is 5.83. The van der Waals surface area contributed by atoms with Crippen LogP contribution in [0.3, 0.4) is 0 Å². The highest BCUT2D eigenvalue weighted by Gasteiger charge is 2.44. The zero-order chi connectivity index (χ0) is 34.1. The summed E-state index contributed by atoms with van der Waals surface area (Å²) in [7, 11) is 5.04. The van der Waals surface area contributed by atoms with E-state index in [1.54, 1.807) is 21.3 Å². The highest BCUT2D eigenvalue weighted by atomic mass is 16.5. The molecular weight excluding hydrogens is 596 g/mol. The van der Waals surface area contributed by atoms with Gasteiger partial charge >= 0.3 is 0 Å². The Morgan fingerprint density at radius 1 is 1.15 bits per heavy atom. The summed E-state index contributed by atoms with van der Waals surface area (Å²) in [5, 5.41) is 2.81. The second-order valence-electron chi connectivity index (χ2n) is 13.7. The number of rotatable bonds is 15. The standard InChI is InChI=1S/C37H56N4O6/c1-8-25(2)34(38)35(42)41-23-33(47-24-26-10-15-32-31(20-26)40(17-19-46-32)16-9-18-44-6)30(27-11-13-29(45-7)14-12-27)21-28(41)22-37(3,4)36(43)39-5/h10-15,20,25,28,30,33-34H,8-9,16-19,21-24,38H2,1-7H3,(H,39,43)/t25-,28-,30+,33-,34-/m0/s1. The number of nitrogens with one attached hydrogen (secondary N) is 1. The van der Waals surface area contributed by atoms with E-state index >= 15 is 0 Å². The Labute approximate surface area is 281 Å². The molecule has 0 radical (unpaired) electrons. The number of carbonyl (C=O) groups excluding carboxylic acids is 2. The number of amides is 2. The van der Waals surface area contributed by atoms with Crippen molar-refractivity contribution < 1.29 is 28.5 Å². The third-order valence-electron chi connectivity index (χ3n) is 9.97. The van der Waals surface area contributed by atoms with Gasteiger partial charge in [-0.2, -0.15) is 0 Å². The summed E-state index contributed by atoms with van der Waals surface area (Å²) in [5.41, 5.74) is 9.11. The van der Waals surface area contributed by atoms with Gasteiger partial charge in [0.25, 0.3) is 0 Å². The number of fused-ring (bicyclic) bond motifs is 1. The van der Waals surface area contributed by atoms with Crippen LogP contribution in [0.5, 0.6) is 11.5 Å². The Morgan fingerprint density at radius 2 is 1.89 bits per heavy atom. The average molecular weight is 653 g/mol. The van der Waals surface area contributed by atoms with E-state index < -0.39 is 11.5 Å². The molecule has 10 heteroatoms. The van der Waals surface area contributed by atoms with Crippen LogP contribution in [0.25, 0.3) is 0 Å². The van der Waals surface area contributed by atoms with Crippen LogP contribution in [0.2, 0.25) is 0 Å². The number of likely N-dealkylation sites (tertiary alicyclic amines) is 1. The lowest BCUT2D eigenvalue weighted by atomic mass is 9.76. The fourth-order valence-corrected chi connectivity index (χ4v) is 6.83. The minimum atomic E-state index is -0.684. The van der Waals surface area contributed by atoms with Gasteiger partial charge in [-0.1, -0.05) is 52.3 Å². The van der Waals surface area contributed by atoms with Crippen LogP contribution in [-0.4, -0.2) is 89.0 Å². The zero-order valence-corrected chi connectivity index (χ0v) is 29.4. The number of benzene rings is 2. The van der Waals surface area contributed by atoms with Crippen molar-refractivity contribution in [3.05, 3.63) is 53.6 Å². The van der Waals surface area contributed by atoms with Gasteiger partial charge < -0.3 is 39.8 Å². The van der Waals surface area contributed by atoms with E-state index in [1.165, 1.54) is 0 Å². The number of anilines is 1. The fourth-order valence-electron chi connectivity index (χ4n) is 6.83. The summed E-state index contributed by atoms with van der Waals surface area (Å²) in [5.74, 6) is 1.53. The van der Waals surface area contributed by atoms with E-state index in [0.29, 0.717) is 39.2 Å². The molecule has 10 nitrogen and oxygen atoms in total. The van der Waals surface area contributed by atoms with Crippen molar-refractivity contribution in [2.75, 3.05) is 59.0 Å². The van der Waals surface area contributed by atoms with Crippen LogP contribution < -0.4 is 25.4 Å². The average Bonchev–Trinajstić information content (AvgIpc) is 3.09. The lowest BCUT2D eigenvalue weighted by Crippen LogP contribution is -2.58. The van der Waals surface area contributed by atoms with E-state index in [1.807, 2.05) is 50.8 Å². The molecule has 0 saturated carbocycles. The van der Waals surface area contributed by atoms with Crippen molar-refractivity contribution in [2.45, 2.75) is 84.1 Å². The van der Waals surface area contributed by atoms with E-state index in [2.05, 4.69) is 34.5 Å². The second kappa shape index (κ2) is 16.7. The Bertz CT molecular complexity index is 1320. The summed E-state index contributed by atoms with van der Waals surface area (Å²) < 4.78 is 23.5. The number of piperidine rings is 1. The number of ether oxygens (including phenoxy) is 4. The number of carbonyl (C=O) groups is 2. The van der Waals surface area contributed by atoms with Gasteiger partial charge in [-0.05, 0) is 60.6 Å². The first-order valence-electron chi connectivity index (χ1n) is 17.1. The third kappa shape index (κ3) is 8.97. The topological polar surface area (TPSA) is 116 Å². The number of methoxy groups -OCH3 is 2. The molecule has 2 aromatic rings. The Kier molecular flexibility index (Phi) is 12.9. The monoisotopic (exact) mass is 652 g/mol. The van der Waals surface area contributed by atoms with Gasteiger partial charge in [0.1, 0.15) is 18.1 Å². The first kappa shape index (κ1) is 36.5. The van der Waals surface area contributed by atoms with Gasteiger partial charge in [-0.3, -0.25) is 9.59 Å².